The summed E-state index contributed by atoms with van der Waals surface area (Å²) in [6, 6.07) is 8.31. The van der Waals surface area contributed by atoms with Gasteiger partial charge in [-0.1, -0.05) is 17.4 Å². The standard InChI is InChI=1S/C19H20FN3O4S/c1-10-3-6-15(14(20)7-10)22-19-16(17(26)23-27-9-12(25)8-24)13-5-4-11(2)21-18(13)28-19/h3-7,12,22,24-25H,8-9H2,1-2H3,(H,23,26). The largest absolute Gasteiger partial charge is 0.394 e. The Hall–Kier alpha value is -2.59. The number of nitrogens with zero attached hydrogens (tertiary/aromatic N) is 1. The van der Waals surface area contributed by atoms with Crippen LogP contribution >= 0.6 is 11.3 Å². The molecule has 0 aliphatic carbocycles. The fourth-order valence-corrected chi connectivity index (χ4v) is 3.66. The summed E-state index contributed by atoms with van der Waals surface area (Å²) >= 11 is 1.22. The molecule has 3 aromatic rings. The number of anilines is 2. The number of nitrogens with one attached hydrogen (secondary N) is 2. The minimum atomic E-state index is -1.11. The number of halogens is 1. The van der Waals surface area contributed by atoms with Crippen molar-refractivity contribution in [3.8, 4) is 0 Å². The van der Waals surface area contributed by atoms with Crippen molar-refractivity contribution < 1.29 is 24.2 Å². The monoisotopic (exact) mass is 405 g/mol. The fourth-order valence-electron chi connectivity index (χ4n) is 2.54. The van der Waals surface area contributed by atoms with E-state index in [0.717, 1.165) is 11.3 Å². The second-order valence-corrected chi connectivity index (χ2v) is 7.30. The summed E-state index contributed by atoms with van der Waals surface area (Å²) in [6.45, 7) is 2.87. The van der Waals surface area contributed by atoms with E-state index in [1.165, 1.54) is 17.4 Å². The molecule has 0 radical (unpaired) electrons. The highest BCUT2D eigenvalue weighted by atomic mass is 32.1. The van der Waals surface area contributed by atoms with Crippen LogP contribution in [-0.4, -0.2) is 40.4 Å². The lowest BCUT2D eigenvalue weighted by atomic mass is 10.1. The highest BCUT2D eigenvalue weighted by molar-refractivity contribution is 7.23. The van der Waals surface area contributed by atoms with Crippen LogP contribution in [0.2, 0.25) is 0 Å². The number of benzene rings is 1. The normalized spacial score (nSPS) is 12.2. The first kappa shape index (κ1) is 20.2. The molecule has 0 saturated carbocycles. The quantitative estimate of drug-likeness (QED) is 0.451. The summed E-state index contributed by atoms with van der Waals surface area (Å²) in [5.41, 5.74) is 4.30. The molecule has 0 fully saturated rings. The first-order valence-corrected chi connectivity index (χ1v) is 9.35. The maximum absolute atomic E-state index is 14.3. The minimum Gasteiger partial charge on any atom is -0.394 e. The van der Waals surface area contributed by atoms with Crippen LogP contribution in [-0.2, 0) is 4.84 Å². The van der Waals surface area contributed by atoms with E-state index in [2.05, 4.69) is 15.8 Å². The number of carbonyl (C=O) groups excluding carboxylic acids is 1. The predicted molar refractivity (Wildman–Crippen MR) is 105 cm³/mol. The number of aryl methyl sites for hydroxylation is 2. The Balaban J connectivity index is 1.94. The minimum absolute atomic E-state index is 0.236. The number of hydrogen-bond donors (Lipinski definition) is 4. The van der Waals surface area contributed by atoms with Crippen molar-refractivity contribution in [2.75, 3.05) is 18.5 Å². The fraction of sp³-hybridized carbons (Fsp3) is 0.263. The molecular formula is C19H20FN3O4S. The van der Waals surface area contributed by atoms with Gasteiger partial charge in [0.2, 0.25) is 0 Å². The number of carbonyl (C=O) groups is 1. The summed E-state index contributed by atoms with van der Waals surface area (Å²) < 4.78 is 14.3. The van der Waals surface area contributed by atoms with Crippen molar-refractivity contribution in [2.45, 2.75) is 20.0 Å². The lowest BCUT2D eigenvalue weighted by Gasteiger charge is -2.11. The zero-order valence-electron chi connectivity index (χ0n) is 15.3. The molecule has 9 heteroatoms. The highest BCUT2D eigenvalue weighted by Crippen LogP contribution is 2.37. The smallest absolute Gasteiger partial charge is 0.278 e. The van der Waals surface area contributed by atoms with Gasteiger partial charge < -0.3 is 15.5 Å². The van der Waals surface area contributed by atoms with Gasteiger partial charge in [0.15, 0.2) is 0 Å². The molecule has 3 rings (SSSR count). The van der Waals surface area contributed by atoms with Crippen LogP contribution in [0.15, 0.2) is 30.3 Å². The Morgan fingerprint density at radius 3 is 2.82 bits per heavy atom. The maximum atomic E-state index is 14.3. The molecule has 1 amide bonds. The third-order valence-electron chi connectivity index (χ3n) is 3.95. The SMILES string of the molecule is Cc1ccc(Nc2sc3nc(C)ccc3c2C(=O)NOCC(O)CO)c(F)c1. The van der Waals surface area contributed by atoms with E-state index in [1.807, 2.05) is 6.92 Å². The van der Waals surface area contributed by atoms with Crippen LogP contribution < -0.4 is 10.8 Å². The number of rotatable bonds is 7. The van der Waals surface area contributed by atoms with Crippen LogP contribution in [0.25, 0.3) is 10.2 Å². The van der Waals surface area contributed by atoms with E-state index in [9.17, 15) is 14.3 Å². The Kier molecular flexibility index (Phi) is 6.20. The van der Waals surface area contributed by atoms with Gasteiger partial charge in [0.1, 0.15) is 28.4 Å². The Labute approximate surface area is 164 Å². The molecule has 28 heavy (non-hydrogen) atoms. The van der Waals surface area contributed by atoms with Crippen LogP contribution in [0, 0.1) is 19.7 Å². The highest BCUT2D eigenvalue weighted by Gasteiger charge is 2.21. The number of aromatic nitrogens is 1. The van der Waals surface area contributed by atoms with Gasteiger partial charge in [-0.15, -0.1) is 0 Å². The van der Waals surface area contributed by atoms with Gasteiger partial charge in [-0.05, 0) is 43.7 Å². The number of amides is 1. The maximum Gasteiger partial charge on any atom is 0.278 e. The number of hydroxylamine groups is 1. The van der Waals surface area contributed by atoms with E-state index in [-0.39, 0.29) is 17.9 Å². The van der Waals surface area contributed by atoms with E-state index >= 15 is 0 Å². The molecule has 1 unspecified atom stereocenters. The Bertz CT molecular complexity index is 1010. The molecule has 1 atom stereocenters. The van der Waals surface area contributed by atoms with E-state index in [0.29, 0.717) is 15.2 Å². The lowest BCUT2D eigenvalue weighted by molar-refractivity contribution is -0.0294. The molecule has 0 spiro atoms. The summed E-state index contributed by atoms with van der Waals surface area (Å²) in [5, 5.41) is 22.1. The molecule has 0 saturated heterocycles. The molecule has 0 aliphatic rings. The molecule has 4 N–H and O–H groups in total. The van der Waals surface area contributed by atoms with Crippen molar-refractivity contribution in [3.05, 3.63) is 53.0 Å². The molecule has 0 aliphatic heterocycles. The second kappa shape index (κ2) is 8.61. The van der Waals surface area contributed by atoms with Crippen molar-refractivity contribution in [1.82, 2.24) is 10.5 Å². The predicted octanol–water partition coefficient (Wildman–Crippen LogP) is 2.81. The summed E-state index contributed by atoms with van der Waals surface area (Å²) in [6.07, 6.45) is -1.11. The van der Waals surface area contributed by atoms with Gasteiger partial charge >= 0.3 is 0 Å². The molecular weight excluding hydrogens is 385 g/mol. The lowest BCUT2D eigenvalue weighted by Crippen LogP contribution is -2.30. The van der Waals surface area contributed by atoms with Gasteiger partial charge in [0.05, 0.1) is 17.9 Å². The third-order valence-corrected chi connectivity index (χ3v) is 4.96. The van der Waals surface area contributed by atoms with Gasteiger partial charge in [0.25, 0.3) is 5.91 Å². The summed E-state index contributed by atoms with van der Waals surface area (Å²) in [4.78, 5) is 22.7. The number of aliphatic hydroxyl groups excluding tert-OH is 2. The van der Waals surface area contributed by atoms with Crippen LogP contribution in [0.1, 0.15) is 21.6 Å². The van der Waals surface area contributed by atoms with Crippen molar-refractivity contribution in [2.24, 2.45) is 0 Å². The van der Waals surface area contributed by atoms with Crippen LogP contribution in [0.5, 0.6) is 0 Å². The molecule has 148 valence electrons. The number of thiophene rings is 1. The average Bonchev–Trinajstić information content (AvgIpc) is 3.00. The number of pyridine rings is 1. The molecule has 2 aromatic heterocycles. The second-order valence-electron chi connectivity index (χ2n) is 6.30. The average molecular weight is 405 g/mol. The first-order valence-electron chi connectivity index (χ1n) is 8.53. The zero-order valence-corrected chi connectivity index (χ0v) is 16.1. The summed E-state index contributed by atoms with van der Waals surface area (Å²) in [5.74, 6) is -1.01. The zero-order chi connectivity index (χ0) is 20.3. The summed E-state index contributed by atoms with van der Waals surface area (Å²) in [7, 11) is 0. The Morgan fingerprint density at radius 2 is 2.11 bits per heavy atom. The number of aliphatic hydroxyl groups is 2. The van der Waals surface area contributed by atoms with Gasteiger partial charge in [-0.2, -0.15) is 0 Å². The van der Waals surface area contributed by atoms with Crippen molar-refractivity contribution in [1.29, 1.82) is 0 Å². The topological polar surface area (TPSA) is 104 Å². The van der Waals surface area contributed by atoms with E-state index in [1.54, 1.807) is 31.2 Å². The molecule has 2 heterocycles. The van der Waals surface area contributed by atoms with Crippen molar-refractivity contribution in [3.63, 3.8) is 0 Å². The van der Waals surface area contributed by atoms with Crippen molar-refractivity contribution >= 4 is 38.1 Å². The molecule has 1 aromatic carbocycles. The van der Waals surface area contributed by atoms with E-state index < -0.39 is 24.4 Å². The Morgan fingerprint density at radius 1 is 1.32 bits per heavy atom. The number of hydrogen-bond acceptors (Lipinski definition) is 7. The third kappa shape index (κ3) is 4.45. The van der Waals surface area contributed by atoms with Gasteiger partial charge in [-0.25, -0.2) is 14.9 Å². The molecule has 0 bridgehead atoms. The first-order chi connectivity index (χ1) is 13.4. The van der Waals surface area contributed by atoms with Gasteiger partial charge in [0, 0.05) is 11.1 Å². The molecule has 7 nitrogen and oxygen atoms in total. The number of fused-ring (bicyclic) bond motifs is 1. The van der Waals surface area contributed by atoms with Gasteiger partial charge in [-0.3, -0.25) is 9.63 Å². The van der Waals surface area contributed by atoms with Crippen LogP contribution in [0.4, 0.5) is 15.1 Å². The van der Waals surface area contributed by atoms with E-state index in [4.69, 9.17) is 9.94 Å². The van der Waals surface area contributed by atoms with Crippen LogP contribution in [0.3, 0.4) is 0 Å².